The van der Waals surface area contributed by atoms with Crippen molar-refractivity contribution in [2.24, 2.45) is 0 Å². The van der Waals surface area contributed by atoms with E-state index < -0.39 is 0 Å². The summed E-state index contributed by atoms with van der Waals surface area (Å²) in [6, 6.07) is 0. The van der Waals surface area contributed by atoms with Crippen molar-refractivity contribution in [2.75, 3.05) is 5.73 Å². The standard InChI is InChI=1S/C12H15N3OS2/c1-3-12(2)4-6-7(5-16-12)18-10-8(6)9(13)14-11(17)15-10/h3-5H2,1-2H3,(H3,13,14,15,17)/t12-/m1/s1. The van der Waals surface area contributed by atoms with Gasteiger partial charge in [0, 0.05) is 11.3 Å². The van der Waals surface area contributed by atoms with Gasteiger partial charge in [0.15, 0.2) is 4.77 Å². The van der Waals surface area contributed by atoms with Gasteiger partial charge in [0.1, 0.15) is 10.6 Å². The predicted octanol–water partition coefficient (Wildman–Crippen LogP) is 3.18. The van der Waals surface area contributed by atoms with E-state index in [-0.39, 0.29) is 5.60 Å². The summed E-state index contributed by atoms with van der Waals surface area (Å²) in [6.07, 6.45) is 1.87. The molecule has 0 fully saturated rings. The van der Waals surface area contributed by atoms with Crippen molar-refractivity contribution in [2.45, 2.75) is 38.9 Å². The fourth-order valence-corrected chi connectivity index (χ4v) is 3.73. The number of hydrogen-bond acceptors (Lipinski definition) is 5. The number of nitrogens with one attached hydrogen (secondary N) is 1. The third kappa shape index (κ3) is 1.75. The molecule has 2 aromatic rings. The van der Waals surface area contributed by atoms with Crippen molar-refractivity contribution in [3.8, 4) is 0 Å². The largest absolute Gasteiger partial charge is 0.385 e. The first-order valence-corrected chi connectivity index (χ1v) is 7.19. The number of rotatable bonds is 1. The maximum absolute atomic E-state index is 6.06. The van der Waals surface area contributed by atoms with Gasteiger partial charge in [-0.3, -0.25) is 0 Å². The van der Waals surface area contributed by atoms with Crippen LogP contribution < -0.4 is 5.73 Å². The quantitative estimate of drug-likeness (QED) is 0.788. The van der Waals surface area contributed by atoms with Crippen molar-refractivity contribution < 1.29 is 4.74 Å². The molecule has 0 unspecified atom stereocenters. The molecule has 3 rings (SSSR count). The molecule has 0 amide bonds. The summed E-state index contributed by atoms with van der Waals surface area (Å²) >= 11 is 6.70. The Hall–Kier alpha value is -0.980. The molecule has 3 heterocycles. The fraction of sp³-hybridized carbons (Fsp3) is 0.500. The second-order valence-corrected chi connectivity index (χ2v) is 6.38. The summed E-state index contributed by atoms with van der Waals surface area (Å²) < 4.78 is 6.39. The van der Waals surface area contributed by atoms with Gasteiger partial charge in [-0.15, -0.1) is 11.3 Å². The monoisotopic (exact) mass is 281 g/mol. The van der Waals surface area contributed by atoms with E-state index in [1.807, 2.05) is 0 Å². The van der Waals surface area contributed by atoms with E-state index in [4.69, 9.17) is 22.7 Å². The lowest BCUT2D eigenvalue weighted by Gasteiger charge is -2.33. The Morgan fingerprint density at radius 3 is 3.11 bits per heavy atom. The number of thiophene rings is 1. The lowest BCUT2D eigenvalue weighted by Crippen LogP contribution is -2.33. The first kappa shape index (κ1) is 12.1. The molecular formula is C12H15N3OS2. The van der Waals surface area contributed by atoms with Gasteiger partial charge < -0.3 is 15.5 Å². The highest BCUT2D eigenvalue weighted by Gasteiger charge is 2.32. The highest BCUT2D eigenvalue weighted by Crippen LogP contribution is 2.40. The van der Waals surface area contributed by atoms with E-state index in [1.165, 1.54) is 10.4 Å². The van der Waals surface area contributed by atoms with Crippen LogP contribution >= 0.6 is 23.6 Å². The van der Waals surface area contributed by atoms with Crippen molar-refractivity contribution in [3.05, 3.63) is 15.2 Å². The zero-order valence-corrected chi connectivity index (χ0v) is 12.0. The first-order chi connectivity index (χ1) is 8.52. The Labute approximate surface area is 114 Å². The van der Waals surface area contributed by atoms with Crippen molar-refractivity contribution >= 4 is 39.6 Å². The van der Waals surface area contributed by atoms with Gasteiger partial charge in [-0.2, -0.15) is 0 Å². The van der Waals surface area contributed by atoms with Crippen LogP contribution in [0.25, 0.3) is 10.2 Å². The predicted molar refractivity (Wildman–Crippen MR) is 76.4 cm³/mol. The molecular weight excluding hydrogens is 266 g/mol. The van der Waals surface area contributed by atoms with Crippen molar-refractivity contribution in [1.82, 2.24) is 9.97 Å². The number of H-pyrrole nitrogens is 1. The highest BCUT2D eigenvalue weighted by atomic mass is 32.1. The molecule has 96 valence electrons. The van der Waals surface area contributed by atoms with E-state index >= 15 is 0 Å². The minimum atomic E-state index is -0.0971. The molecule has 0 aromatic carbocycles. The molecule has 0 bridgehead atoms. The molecule has 0 radical (unpaired) electrons. The van der Waals surface area contributed by atoms with Crippen molar-refractivity contribution in [3.63, 3.8) is 0 Å². The third-order valence-electron chi connectivity index (χ3n) is 3.64. The molecule has 18 heavy (non-hydrogen) atoms. The van der Waals surface area contributed by atoms with Gasteiger partial charge in [0.2, 0.25) is 0 Å². The normalized spacial score (nSPS) is 23.2. The summed E-state index contributed by atoms with van der Waals surface area (Å²) in [4.78, 5) is 9.45. The van der Waals surface area contributed by atoms with Crippen LogP contribution in [0.4, 0.5) is 5.82 Å². The van der Waals surface area contributed by atoms with Gasteiger partial charge in [0.05, 0.1) is 17.6 Å². The summed E-state index contributed by atoms with van der Waals surface area (Å²) in [5, 5.41) is 1.03. The number of hydrogen-bond donors (Lipinski definition) is 2. The van der Waals surface area contributed by atoms with Crippen LogP contribution in [0.1, 0.15) is 30.7 Å². The van der Waals surface area contributed by atoms with Gasteiger partial charge in [-0.05, 0) is 31.1 Å². The molecule has 0 aliphatic carbocycles. The van der Waals surface area contributed by atoms with Crippen molar-refractivity contribution in [1.29, 1.82) is 0 Å². The number of ether oxygens (including phenoxy) is 1. The number of nitrogen functional groups attached to an aromatic ring is 1. The lowest BCUT2D eigenvalue weighted by atomic mass is 9.90. The van der Waals surface area contributed by atoms with Gasteiger partial charge in [-0.1, -0.05) is 6.92 Å². The summed E-state index contributed by atoms with van der Waals surface area (Å²) in [7, 11) is 0. The molecule has 1 atom stereocenters. The van der Waals surface area contributed by atoms with Gasteiger partial charge >= 0.3 is 0 Å². The molecule has 0 saturated carbocycles. The summed E-state index contributed by atoms with van der Waals surface area (Å²) in [5.74, 6) is 0.628. The third-order valence-corrected chi connectivity index (χ3v) is 4.93. The van der Waals surface area contributed by atoms with Crippen LogP contribution in [-0.4, -0.2) is 15.6 Å². The second kappa shape index (κ2) is 4.01. The summed E-state index contributed by atoms with van der Waals surface area (Å²) in [5.41, 5.74) is 7.24. The minimum absolute atomic E-state index is 0.0971. The number of fused-ring (bicyclic) bond motifs is 3. The highest BCUT2D eigenvalue weighted by molar-refractivity contribution is 7.71. The zero-order valence-electron chi connectivity index (χ0n) is 10.4. The number of aromatic amines is 1. The topological polar surface area (TPSA) is 63.9 Å². The Morgan fingerprint density at radius 2 is 2.39 bits per heavy atom. The van der Waals surface area contributed by atoms with E-state index in [0.717, 1.165) is 23.1 Å². The smallest absolute Gasteiger partial charge is 0.199 e. The second-order valence-electron chi connectivity index (χ2n) is 4.91. The fourth-order valence-electron chi connectivity index (χ4n) is 2.35. The Balaban J connectivity index is 2.25. The van der Waals surface area contributed by atoms with Crippen LogP contribution in [0.15, 0.2) is 0 Å². The average Bonchev–Trinajstić information content (AvgIpc) is 2.66. The van der Waals surface area contributed by atoms with Gasteiger partial charge in [0.25, 0.3) is 0 Å². The van der Waals surface area contributed by atoms with Gasteiger partial charge in [-0.25, -0.2) is 4.98 Å². The van der Waals surface area contributed by atoms with Crippen LogP contribution in [0.3, 0.4) is 0 Å². The van der Waals surface area contributed by atoms with E-state index in [2.05, 4.69) is 23.8 Å². The average molecular weight is 281 g/mol. The number of nitrogens with two attached hydrogens (primary N) is 1. The number of aromatic nitrogens is 2. The SMILES string of the molecule is CC[C@]1(C)Cc2c(sc3nc(=S)[nH]c(N)c23)CO1. The maximum Gasteiger partial charge on any atom is 0.199 e. The Kier molecular flexibility index (Phi) is 2.69. The van der Waals surface area contributed by atoms with Crippen LogP contribution in [-0.2, 0) is 17.8 Å². The lowest BCUT2D eigenvalue weighted by molar-refractivity contribution is -0.0542. The molecule has 2 aromatic heterocycles. The van der Waals surface area contributed by atoms with Crippen LogP contribution in [0.2, 0.25) is 0 Å². The molecule has 3 N–H and O–H groups in total. The maximum atomic E-state index is 6.06. The zero-order chi connectivity index (χ0) is 12.9. The Morgan fingerprint density at radius 1 is 1.61 bits per heavy atom. The van der Waals surface area contributed by atoms with E-state index in [1.54, 1.807) is 11.3 Å². The Bertz CT molecular complexity index is 676. The molecule has 0 spiro atoms. The first-order valence-electron chi connectivity index (χ1n) is 5.96. The summed E-state index contributed by atoms with van der Waals surface area (Å²) in [6.45, 7) is 4.94. The molecule has 4 nitrogen and oxygen atoms in total. The molecule has 0 saturated heterocycles. The van der Waals surface area contributed by atoms with E-state index in [9.17, 15) is 0 Å². The molecule has 1 aliphatic heterocycles. The minimum Gasteiger partial charge on any atom is -0.385 e. The molecule has 6 heteroatoms. The van der Waals surface area contributed by atoms with Crippen LogP contribution in [0.5, 0.6) is 0 Å². The van der Waals surface area contributed by atoms with Crippen LogP contribution in [0, 0.1) is 4.77 Å². The number of anilines is 1. The number of nitrogens with zero attached hydrogens (tertiary/aromatic N) is 1. The van der Waals surface area contributed by atoms with E-state index in [0.29, 0.717) is 17.2 Å². The molecule has 1 aliphatic rings.